The number of aliphatic hydroxyl groups is 1. The third-order valence-corrected chi connectivity index (χ3v) is 7.61. The number of fused-ring (bicyclic) bond motifs is 1. The predicted octanol–water partition coefficient (Wildman–Crippen LogP) is 5.70. The first-order chi connectivity index (χ1) is 18.4. The highest BCUT2D eigenvalue weighted by Gasteiger charge is 2.52. The summed E-state index contributed by atoms with van der Waals surface area (Å²) in [7, 11) is 0. The number of amides is 1. The lowest BCUT2D eigenvalue weighted by Crippen LogP contribution is -2.40. The van der Waals surface area contributed by atoms with Gasteiger partial charge in [0.2, 0.25) is 5.91 Å². The number of aryl methyl sites for hydroxylation is 1. The van der Waals surface area contributed by atoms with Crippen molar-refractivity contribution in [2.45, 2.75) is 38.0 Å². The molecule has 0 saturated carbocycles. The van der Waals surface area contributed by atoms with E-state index in [0.29, 0.717) is 19.4 Å². The van der Waals surface area contributed by atoms with Gasteiger partial charge in [0.25, 0.3) is 0 Å². The van der Waals surface area contributed by atoms with Crippen LogP contribution in [-0.4, -0.2) is 31.9 Å². The Morgan fingerprint density at radius 2 is 1.61 bits per heavy atom. The van der Waals surface area contributed by atoms with Crippen LogP contribution in [-0.2, 0) is 23.2 Å². The maximum Gasteiger partial charge on any atom is 0.236 e. The van der Waals surface area contributed by atoms with Gasteiger partial charge in [-0.25, -0.2) is 9.07 Å². The molecule has 0 spiro atoms. The zero-order valence-electron chi connectivity index (χ0n) is 21.1. The monoisotopic (exact) mass is 505 g/mol. The molecule has 6 rings (SSSR count). The minimum Gasteiger partial charge on any atom is -0.373 e. The standard InChI is InChI=1S/C32H28FN3O2/c1-22-16-29-25(20-34-36(29)27-14-12-26(33)13-15-27)17-28(22)32(18-23-8-4-2-5-9-23)19-30(37)35(31(32)38)21-24-10-6-3-7-11-24/h2-17,20,30,37H,18-19,21H2,1H3. The molecule has 5 aromatic rings. The molecule has 2 unspecified atom stereocenters. The van der Waals surface area contributed by atoms with Crippen LogP contribution in [0.4, 0.5) is 4.39 Å². The molecular formula is C32H28FN3O2. The Balaban J connectivity index is 1.46. The van der Waals surface area contributed by atoms with E-state index in [1.807, 2.05) is 79.7 Å². The number of carbonyl (C=O) groups excluding carboxylic acids is 1. The Kier molecular flexibility index (Phi) is 6.04. The van der Waals surface area contributed by atoms with Crippen molar-refractivity contribution in [2.75, 3.05) is 0 Å². The summed E-state index contributed by atoms with van der Waals surface area (Å²) in [6, 6.07) is 30.0. The number of nitrogens with zero attached hydrogens (tertiary/aromatic N) is 3. The molecule has 2 heterocycles. The molecule has 6 heteroatoms. The molecule has 1 fully saturated rings. The Hall–Kier alpha value is -4.29. The van der Waals surface area contributed by atoms with E-state index in [2.05, 4.69) is 5.10 Å². The van der Waals surface area contributed by atoms with Crippen LogP contribution in [0.2, 0.25) is 0 Å². The average Bonchev–Trinajstić information content (AvgIpc) is 3.44. The SMILES string of the molecule is Cc1cc2c(cnn2-c2ccc(F)cc2)cc1C1(Cc2ccccc2)CC(O)N(Cc2ccccc2)C1=O. The van der Waals surface area contributed by atoms with E-state index in [4.69, 9.17) is 0 Å². The van der Waals surface area contributed by atoms with Gasteiger partial charge in [0.05, 0.1) is 22.8 Å². The largest absolute Gasteiger partial charge is 0.373 e. The lowest BCUT2D eigenvalue weighted by atomic mass is 9.72. The van der Waals surface area contributed by atoms with Gasteiger partial charge < -0.3 is 10.0 Å². The maximum absolute atomic E-state index is 14.3. The van der Waals surface area contributed by atoms with Crippen molar-refractivity contribution in [3.8, 4) is 5.69 Å². The van der Waals surface area contributed by atoms with Gasteiger partial charge in [-0.2, -0.15) is 5.10 Å². The lowest BCUT2D eigenvalue weighted by Gasteiger charge is -2.30. The average molecular weight is 506 g/mol. The molecule has 0 bridgehead atoms. The number of rotatable bonds is 6. The number of likely N-dealkylation sites (tertiary alicyclic amines) is 1. The van der Waals surface area contributed by atoms with Gasteiger partial charge in [-0.15, -0.1) is 0 Å². The fraction of sp³-hybridized carbons (Fsp3) is 0.188. The van der Waals surface area contributed by atoms with Crippen molar-refractivity contribution in [2.24, 2.45) is 0 Å². The number of benzene rings is 4. The molecule has 190 valence electrons. The summed E-state index contributed by atoms with van der Waals surface area (Å²) in [5, 5.41) is 16.7. The molecule has 1 amide bonds. The maximum atomic E-state index is 14.3. The van der Waals surface area contributed by atoms with Gasteiger partial charge in [0.15, 0.2) is 0 Å². The molecule has 1 N–H and O–H groups in total. The third kappa shape index (κ3) is 4.17. The van der Waals surface area contributed by atoms with E-state index in [9.17, 15) is 14.3 Å². The van der Waals surface area contributed by atoms with Gasteiger partial charge in [0, 0.05) is 18.4 Å². The first kappa shape index (κ1) is 24.1. The smallest absolute Gasteiger partial charge is 0.236 e. The second-order valence-corrected chi connectivity index (χ2v) is 10.1. The molecule has 0 radical (unpaired) electrons. The van der Waals surface area contributed by atoms with Crippen molar-refractivity contribution in [1.82, 2.24) is 14.7 Å². The van der Waals surface area contributed by atoms with Crippen molar-refractivity contribution in [3.63, 3.8) is 0 Å². The Bertz CT molecular complexity index is 1600. The van der Waals surface area contributed by atoms with Crippen LogP contribution in [0.15, 0.2) is 103 Å². The van der Waals surface area contributed by atoms with Crippen LogP contribution in [0.3, 0.4) is 0 Å². The van der Waals surface area contributed by atoms with Crippen molar-refractivity contribution in [1.29, 1.82) is 0 Å². The fourth-order valence-corrected chi connectivity index (χ4v) is 5.77. The Morgan fingerprint density at radius 1 is 0.947 bits per heavy atom. The molecule has 1 aliphatic heterocycles. The quantitative estimate of drug-likeness (QED) is 0.322. The Labute approximate surface area is 220 Å². The summed E-state index contributed by atoms with van der Waals surface area (Å²) < 4.78 is 15.3. The van der Waals surface area contributed by atoms with Crippen LogP contribution in [0.5, 0.6) is 0 Å². The number of hydrogen-bond donors (Lipinski definition) is 1. The highest BCUT2D eigenvalue weighted by Crippen LogP contribution is 2.44. The van der Waals surface area contributed by atoms with Crippen LogP contribution in [0.25, 0.3) is 16.6 Å². The normalized spacial score (nSPS) is 19.4. The first-order valence-electron chi connectivity index (χ1n) is 12.8. The van der Waals surface area contributed by atoms with E-state index in [1.54, 1.807) is 27.9 Å². The second-order valence-electron chi connectivity index (χ2n) is 10.1. The van der Waals surface area contributed by atoms with Crippen molar-refractivity contribution < 1.29 is 14.3 Å². The summed E-state index contributed by atoms with van der Waals surface area (Å²) >= 11 is 0. The molecule has 2 atom stereocenters. The number of halogens is 1. The van der Waals surface area contributed by atoms with E-state index >= 15 is 0 Å². The molecule has 5 nitrogen and oxygen atoms in total. The zero-order valence-corrected chi connectivity index (χ0v) is 21.1. The van der Waals surface area contributed by atoms with E-state index in [1.165, 1.54) is 12.1 Å². The molecule has 1 saturated heterocycles. The molecule has 1 aromatic heterocycles. The fourth-order valence-electron chi connectivity index (χ4n) is 5.77. The number of carbonyl (C=O) groups is 1. The van der Waals surface area contributed by atoms with Crippen molar-refractivity contribution in [3.05, 3.63) is 131 Å². The van der Waals surface area contributed by atoms with Gasteiger partial charge in [-0.3, -0.25) is 4.79 Å². The van der Waals surface area contributed by atoms with Crippen molar-refractivity contribution >= 4 is 16.8 Å². The van der Waals surface area contributed by atoms with Crippen LogP contribution in [0.1, 0.15) is 28.7 Å². The predicted molar refractivity (Wildman–Crippen MR) is 145 cm³/mol. The molecule has 4 aromatic carbocycles. The molecule has 1 aliphatic rings. The minimum atomic E-state index is -0.925. The second kappa shape index (κ2) is 9.54. The van der Waals surface area contributed by atoms with Gasteiger partial charge in [-0.05, 0) is 72.0 Å². The summed E-state index contributed by atoms with van der Waals surface area (Å²) in [5.41, 5.74) is 4.56. The summed E-state index contributed by atoms with van der Waals surface area (Å²) in [6.07, 6.45) is 1.65. The zero-order chi connectivity index (χ0) is 26.3. The van der Waals surface area contributed by atoms with Gasteiger partial charge >= 0.3 is 0 Å². The molecule has 0 aliphatic carbocycles. The summed E-state index contributed by atoms with van der Waals surface area (Å²) in [6.45, 7) is 2.35. The van der Waals surface area contributed by atoms with E-state index < -0.39 is 11.6 Å². The number of aromatic nitrogens is 2. The minimum absolute atomic E-state index is 0.0777. The van der Waals surface area contributed by atoms with Gasteiger partial charge in [-0.1, -0.05) is 60.7 Å². The van der Waals surface area contributed by atoms with Crippen LogP contribution in [0, 0.1) is 12.7 Å². The van der Waals surface area contributed by atoms with E-state index in [0.717, 1.165) is 38.8 Å². The molecular weight excluding hydrogens is 477 g/mol. The highest BCUT2D eigenvalue weighted by molar-refractivity contribution is 5.93. The van der Waals surface area contributed by atoms with E-state index in [-0.39, 0.29) is 11.7 Å². The third-order valence-electron chi connectivity index (χ3n) is 7.61. The topological polar surface area (TPSA) is 58.4 Å². The number of aliphatic hydroxyl groups excluding tert-OH is 1. The molecule has 38 heavy (non-hydrogen) atoms. The van der Waals surface area contributed by atoms with Crippen LogP contribution < -0.4 is 0 Å². The number of hydrogen-bond acceptors (Lipinski definition) is 3. The summed E-state index contributed by atoms with van der Waals surface area (Å²) in [5.74, 6) is -0.379. The van der Waals surface area contributed by atoms with Gasteiger partial charge in [0.1, 0.15) is 12.0 Å². The lowest BCUT2D eigenvalue weighted by molar-refractivity contribution is -0.137. The van der Waals surface area contributed by atoms with Crippen LogP contribution >= 0.6 is 0 Å². The summed E-state index contributed by atoms with van der Waals surface area (Å²) in [4.78, 5) is 15.9. The highest BCUT2D eigenvalue weighted by atomic mass is 19.1. The Morgan fingerprint density at radius 3 is 2.29 bits per heavy atom. The first-order valence-corrected chi connectivity index (χ1v) is 12.8.